The summed E-state index contributed by atoms with van der Waals surface area (Å²) in [5.41, 5.74) is -0.782. The van der Waals surface area contributed by atoms with Gasteiger partial charge in [-0.05, 0) is 31.0 Å². The van der Waals surface area contributed by atoms with Crippen molar-refractivity contribution in [1.29, 1.82) is 0 Å². The lowest BCUT2D eigenvalue weighted by Crippen LogP contribution is -2.49. The standard InChI is InChI=1S/C21H27ClN4O6S/c1-24-20(29)26(19(28)21(24)7-3-2-4-8-21)14-18(27)23-17-13-15(5-6-16(17)22)33(30,31)25-9-11-32-12-10-25/h5-6,13H,2-4,7-12,14H2,1H3,(H,23,27). The van der Waals surface area contributed by atoms with Crippen molar-refractivity contribution in [3.63, 3.8) is 0 Å². The number of morpholine rings is 1. The van der Waals surface area contributed by atoms with E-state index < -0.39 is 34.0 Å². The molecule has 2 heterocycles. The summed E-state index contributed by atoms with van der Waals surface area (Å²) in [6, 6.07) is 3.54. The molecule has 2 aliphatic heterocycles. The Morgan fingerprint density at radius 3 is 2.48 bits per heavy atom. The number of amides is 4. The number of nitrogens with one attached hydrogen (secondary N) is 1. The number of carbonyl (C=O) groups excluding carboxylic acids is 3. The molecule has 3 fully saturated rings. The number of rotatable bonds is 5. The summed E-state index contributed by atoms with van der Waals surface area (Å²) in [6.45, 7) is 0.622. The van der Waals surface area contributed by atoms with E-state index in [0.29, 0.717) is 26.1 Å². The lowest BCUT2D eigenvalue weighted by Gasteiger charge is -2.35. The summed E-state index contributed by atoms with van der Waals surface area (Å²) in [4.78, 5) is 41.0. The van der Waals surface area contributed by atoms with Gasteiger partial charge in [0.15, 0.2) is 0 Å². The molecular weight excluding hydrogens is 472 g/mol. The van der Waals surface area contributed by atoms with Gasteiger partial charge < -0.3 is 15.0 Å². The molecule has 33 heavy (non-hydrogen) atoms. The van der Waals surface area contributed by atoms with Crippen molar-refractivity contribution in [2.24, 2.45) is 0 Å². The molecule has 4 rings (SSSR count). The van der Waals surface area contributed by atoms with Gasteiger partial charge in [0.1, 0.15) is 12.1 Å². The maximum Gasteiger partial charge on any atom is 0.327 e. The molecule has 0 aromatic heterocycles. The minimum absolute atomic E-state index is 0.0154. The Balaban J connectivity index is 1.49. The number of sulfonamides is 1. The SMILES string of the molecule is CN1C(=O)N(CC(=O)Nc2cc(S(=O)(=O)N3CCOCC3)ccc2Cl)C(=O)C12CCCCC2. The lowest BCUT2D eigenvalue weighted by molar-refractivity contribution is -0.136. The highest BCUT2D eigenvalue weighted by Gasteiger charge is 2.55. The van der Waals surface area contributed by atoms with Gasteiger partial charge in [-0.15, -0.1) is 0 Å². The minimum Gasteiger partial charge on any atom is -0.379 e. The van der Waals surface area contributed by atoms with Crippen LogP contribution in [0.15, 0.2) is 23.1 Å². The van der Waals surface area contributed by atoms with Crippen LogP contribution >= 0.6 is 11.6 Å². The molecule has 0 bridgehead atoms. The number of hydrogen-bond acceptors (Lipinski definition) is 6. The Bertz CT molecular complexity index is 1070. The van der Waals surface area contributed by atoms with Crippen LogP contribution in [0.3, 0.4) is 0 Å². The lowest BCUT2D eigenvalue weighted by atomic mass is 9.81. The van der Waals surface area contributed by atoms with Gasteiger partial charge in [0.05, 0.1) is 28.8 Å². The van der Waals surface area contributed by atoms with Gasteiger partial charge in [0, 0.05) is 20.1 Å². The van der Waals surface area contributed by atoms with Crippen molar-refractivity contribution >= 4 is 45.2 Å². The number of halogens is 1. The molecule has 4 amide bonds. The van der Waals surface area contributed by atoms with Crippen LogP contribution in [0.5, 0.6) is 0 Å². The minimum atomic E-state index is -3.78. The van der Waals surface area contributed by atoms with Crippen molar-refractivity contribution < 1.29 is 27.5 Å². The van der Waals surface area contributed by atoms with Gasteiger partial charge in [-0.2, -0.15) is 4.31 Å². The van der Waals surface area contributed by atoms with E-state index in [4.69, 9.17) is 16.3 Å². The Morgan fingerprint density at radius 2 is 1.82 bits per heavy atom. The Morgan fingerprint density at radius 1 is 1.15 bits per heavy atom. The molecule has 0 unspecified atom stereocenters. The van der Waals surface area contributed by atoms with Crippen molar-refractivity contribution in [2.45, 2.75) is 42.5 Å². The van der Waals surface area contributed by atoms with Crippen LogP contribution < -0.4 is 5.32 Å². The molecular formula is C21H27ClN4O6S. The summed E-state index contributed by atoms with van der Waals surface area (Å²) >= 11 is 6.19. The van der Waals surface area contributed by atoms with Gasteiger partial charge in [-0.1, -0.05) is 30.9 Å². The van der Waals surface area contributed by atoms with Gasteiger partial charge >= 0.3 is 6.03 Å². The highest BCUT2D eigenvalue weighted by atomic mass is 35.5. The van der Waals surface area contributed by atoms with E-state index in [0.717, 1.165) is 24.2 Å². The number of nitrogens with zero attached hydrogens (tertiary/aromatic N) is 3. The van der Waals surface area contributed by atoms with Crippen LogP contribution in [0.1, 0.15) is 32.1 Å². The van der Waals surface area contributed by atoms with Crippen molar-refractivity contribution in [3.05, 3.63) is 23.2 Å². The highest BCUT2D eigenvalue weighted by molar-refractivity contribution is 7.89. The number of anilines is 1. The third kappa shape index (κ3) is 4.34. The number of urea groups is 1. The summed E-state index contributed by atoms with van der Waals surface area (Å²) in [5, 5.41) is 2.70. The van der Waals surface area contributed by atoms with Gasteiger partial charge in [-0.3, -0.25) is 14.5 Å². The summed E-state index contributed by atoms with van der Waals surface area (Å²) in [5.74, 6) is -1.000. The zero-order chi connectivity index (χ0) is 23.8. The van der Waals surface area contributed by atoms with Gasteiger partial charge in [-0.25, -0.2) is 13.2 Å². The first-order valence-corrected chi connectivity index (χ1v) is 12.8. The maximum absolute atomic E-state index is 13.1. The fraction of sp³-hybridized carbons (Fsp3) is 0.571. The highest BCUT2D eigenvalue weighted by Crippen LogP contribution is 2.39. The molecule has 180 valence electrons. The second-order valence-corrected chi connectivity index (χ2v) is 10.9. The molecule has 1 aromatic rings. The summed E-state index contributed by atoms with van der Waals surface area (Å²) in [6.07, 6.45) is 3.88. The van der Waals surface area contributed by atoms with Crippen LogP contribution in [0, 0.1) is 0 Å². The van der Waals surface area contributed by atoms with Gasteiger partial charge in [0.2, 0.25) is 15.9 Å². The van der Waals surface area contributed by atoms with Crippen molar-refractivity contribution in [3.8, 4) is 0 Å². The number of benzene rings is 1. The van der Waals surface area contributed by atoms with E-state index in [1.54, 1.807) is 7.05 Å². The van der Waals surface area contributed by atoms with Crippen LogP contribution in [0.2, 0.25) is 5.02 Å². The molecule has 1 aromatic carbocycles. The first-order valence-electron chi connectivity index (χ1n) is 10.9. The molecule has 10 nitrogen and oxygen atoms in total. The first-order chi connectivity index (χ1) is 15.7. The summed E-state index contributed by atoms with van der Waals surface area (Å²) in [7, 11) is -2.19. The molecule has 1 N–H and O–H groups in total. The Labute approximate surface area is 197 Å². The largest absolute Gasteiger partial charge is 0.379 e. The Kier molecular flexibility index (Phi) is 6.68. The second kappa shape index (κ2) is 9.21. The molecule has 2 saturated heterocycles. The Hall–Kier alpha value is -2.21. The van der Waals surface area contributed by atoms with E-state index in [9.17, 15) is 22.8 Å². The number of hydrogen-bond donors (Lipinski definition) is 1. The fourth-order valence-corrected chi connectivity index (χ4v) is 6.30. The quantitative estimate of drug-likeness (QED) is 0.620. The van der Waals surface area contributed by atoms with E-state index in [2.05, 4.69) is 5.32 Å². The number of imide groups is 1. The van der Waals surface area contributed by atoms with E-state index >= 15 is 0 Å². The van der Waals surface area contributed by atoms with Crippen LogP contribution in [-0.4, -0.2) is 85.8 Å². The van der Waals surface area contributed by atoms with E-state index in [1.165, 1.54) is 27.4 Å². The van der Waals surface area contributed by atoms with E-state index in [1.807, 2.05) is 0 Å². The smallest absolute Gasteiger partial charge is 0.327 e. The van der Waals surface area contributed by atoms with Crippen molar-refractivity contribution in [2.75, 3.05) is 45.2 Å². The third-order valence-electron chi connectivity index (χ3n) is 6.61. The predicted octanol–water partition coefficient (Wildman–Crippen LogP) is 1.90. The van der Waals surface area contributed by atoms with Crippen LogP contribution in [0.4, 0.5) is 10.5 Å². The first kappa shape index (κ1) is 23.9. The zero-order valence-corrected chi connectivity index (χ0v) is 20.0. The maximum atomic E-state index is 13.1. The molecule has 0 atom stereocenters. The van der Waals surface area contributed by atoms with Crippen molar-refractivity contribution in [1.82, 2.24) is 14.1 Å². The van der Waals surface area contributed by atoms with Crippen LogP contribution in [-0.2, 0) is 24.3 Å². The number of carbonyl (C=O) groups is 3. The number of likely N-dealkylation sites (N-methyl/N-ethyl adjacent to an activating group) is 1. The zero-order valence-electron chi connectivity index (χ0n) is 18.4. The monoisotopic (exact) mass is 498 g/mol. The average Bonchev–Trinajstić information content (AvgIpc) is 2.98. The third-order valence-corrected chi connectivity index (χ3v) is 8.83. The summed E-state index contributed by atoms with van der Waals surface area (Å²) < 4.78 is 32.4. The van der Waals surface area contributed by atoms with Crippen LogP contribution in [0.25, 0.3) is 0 Å². The fourth-order valence-electron chi connectivity index (χ4n) is 4.70. The van der Waals surface area contributed by atoms with Gasteiger partial charge in [0.25, 0.3) is 5.91 Å². The number of ether oxygens (including phenoxy) is 1. The molecule has 1 saturated carbocycles. The van der Waals surface area contributed by atoms with E-state index in [-0.39, 0.29) is 34.6 Å². The molecule has 1 aliphatic carbocycles. The molecule has 1 spiro atoms. The molecule has 3 aliphatic rings. The normalized spacial score (nSPS) is 21.6. The second-order valence-electron chi connectivity index (χ2n) is 8.53. The topological polar surface area (TPSA) is 116 Å². The average molecular weight is 499 g/mol. The predicted molar refractivity (Wildman–Crippen MR) is 120 cm³/mol. The molecule has 12 heteroatoms. The molecule has 0 radical (unpaired) electrons.